The van der Waals surface area contributed by atoms with Gasteiger partial charge in [0.15, 0.2) is 0 Å². The Bertz CT molecular complexity index is 935. The van der Waals surface area contributed by atoms with Gasteiger partial charge in [0.2, 0.25) is 5.75 Å². The number of hydrogen-bond donors (Lipinski definition) is 1. The molecule has 27 heavy (non-hydrogen) atoms. The highest BCUT2D eigenvalue weighted by Crippen LogP contribution is 2.65. The van der Waals surface area contributed by atoms with E-state index >= 15 is 0 Å². The minimum atomic E-state index is -3.74. The number of nitrogens with one attached hydrogen (secondary N) is 1. The zero-order valence-corrected chi connectivity index (χ0v) is 17.3. The van der Waals surface area contributed by atoms with E-state index in [1.165, 1.54) is 0 Å². The average Bonchev–Trinajstić information content (AvgIpc) is 2.88. The largest absolute Gasteiger partial charge is 0.648 e. The second-order valence-corrected chi connectivity index (χ2v) is 8.73. The summed E-state index contributed by atoms with van der Waals surface area (Å²) in [5.41, 5.74) is 1.32. The highest BCUT2D eigenvalue weighted by molar-refractivity contribution is 7.50. The van der Waals surface area contributed by atoms with E-state index in [2.05, 4.69) is 36.0 Å². The van der Waals surface area contributed by atoms with Gasteiger partial charge in [-0.25, -0.2) is 4.98 Å². The third kappa shape index (κ3) is 3.44. The molecular formula is C18H23ClN3O4P. The summed E-state index contributed by atoms with van der Waals surface area (Å²) < 4.78 is 29.1. The van der Waals surface area contributed by atoms with Crippen LogP contribution in [0.4, 0.5) is 5.69 Å². The first-order valence-corrected chi connectivity index (χ1v) is 11.1. The minimum Gasteiger partial charge on any atom is -0.385 e. The maximum Gasteiger partial charge on any atom is 0.648 e. The molecule has 0 saturated carbocycles. The van der Waals surface area contributed by atoms with Gasteiger partial charge in [-0.3, -0.25) is 0 Å². The number of aromatic nitrogens is 1. The number of phosphoric acid groups is 1. The van der Waals surface area contributed by atoms with Gasteiger partial charge >= 0.3 is 7.82 Å². The van der Waals surface area contributed by atoms with E-state index in [1.54, 1.807) is 12.1 Å². The predicted octanol–water partition coefficient (Wildman–Crippen LogP) is 5.08. The first-order chi connectivity index (χ1) is 12.9. The van der Waals surface area contributed by atoms with Crippen LogP contribution < -0.4 is 18.9 Å². The molecule has 3 heterocycles. The fraction of sp³-hybridized carbons (Fsp3) is 0.500. The highest BCUT2D eigenvalue weighted by atomic mass is 35.5. The van der Waals surface area contributed by atoms with E-state index < -0.39 is 7.82 Å². The SMILES string of the molecule is CCN(CC)CCCC(C)Nc1c2c3nc4cc(Cl)cc(c14)OP(=O)(O3)O2. The molecule has 0 radical (unpaired) electrons. The smallest absolute Gasteiger partial charge is 0.385 e. The molecule has 0 aliphatic carbocycles. The lowest BCUT2D eigenvalue weighted by molar-refractivity contribution is 0.295. The van der Waals surface area contributed by atoms with Crippen LogP contribution in [-0.4, -0.2) is 35.6 Å². The predicted molar refractivity (Wildman–Crippen MR) is 106 cm³/mol. The summed E-state index contributed by atoms with van der Waals surface area (Å²) in [5.74, 6) is 0.885. The molecule has 2 unspecified atom stereocenters. The van der Waals surface area contributed by atoms with Crippen LogP contribution in [0.3, 0.4) is 0 Å². The third-order valence-electron chi connectivity index (χ3n) is 4.95. The lowest BCUT2D eigenvalue weighted by atomic mass is 10.1. The molecule has 146 valence electrons. The monoisotopic (exact) mass is 411 g/mol. The van der Waals surface area contributed by atoms with Crippen molar-refractivity contribution in [2.24, 2.45) is 0 Å². The molecule has 3 bridgehead atoms. The Kier molecular flexibility index (Phi) is 4.87. The van der Waals surface area contributed by atoms with Crippen LogP contribution in [0.1, 0.15) is 33.6 Å². The average molecular weight is 412 g/mol. The second kappa shape index (κ2) is 7.04. The molecule has 4 rings (SSSR count). The number of phosphoric ester groups is 1. The molecule has 0 fully saturated rings. The molecule has 1 aromatic heterocycles. The van der Waals surface area contributed by atoms with Gasteiger partial charge in [0.1, 0.15) is 5.75 Å². The van der Waals surface area contributed by atoms with Gasteiger partial charge in [-0.15, -0.1) is 0 Å². The lowest BCUT2D eigenvalue weighted by Gasteiger charge is -2.21. The molecule has 0 amide bonds. The number of benzene rings is 1. The van der Waals surface area contributed by atoms with Gasteiger partial charge in [0.25, 0.3) is 5.88 Å². The standard InChI is InChI=1S/C18H23ClN3O4P/c1-4-22(5-2)8-6-7-11(3)20-16-15-13-9-12(19)10-14(15)24-27(23)25-17(16)18(21-13)26-27/h9-11H,4-8H2,1-3H3,(H,20,21). The maximum absolute atomic E-state index is 12.7. The molecule has 2 atom stereocenters. The number of hydrogen-bond acceptors (Lipinski definition) is 7. The van der Waals surface area contributed by atoms with Gasteiger partial charge in [-0.1, -0.05) is 25.4 Å². The summed E-state index contributed by atoms with van der Waals surface area (Å²) >= 11 is 6.16. The van der Waals surface area contributed by atoms with Crippen LogP contribution in [0.15, 0.2) is 12.1 Å². The van der Waals surface area contributed by atoms with Crippen LogP contribution >= 0.6 is 19.4 Å². The molecule has 0 saturated heterocycles. The van der Waals surface area contributed by atoms with Crippen LogP contribution in [-0.2, 0) is 4.57 Å². The Morgan fingerprint density at radius 3 is 2.78 bits per heavy atom. The molecule has 2 aromatic rings. The first kappa shape index (κ1) is 18.7. The van der Waals surface area contributed by atoms with Crippen molar-refractivity contribution >= 4 is 36.0 Å². The Hall–Kier alpha value is -1.69. The molecule has 0 spiro atoms. The van der Waals surface area contributed by atoms with Crippen LogP contribution in [0.25, 0.3) is 10.9 Å². The molecule has 2 aliphatic rings. The summed E-state index contributed by atoms with van der Waals surface area (Å²) in [5, 5.41) is 4.66. The van der Waals surface area contributed by atoms with Crippen molar-refractivity contribution in [3.8, 4) is 17.4 Å². The number of fused-ring (bicyclic) bond motifs is 1. The van der Waals surface area contributed by atoms with Crippen molar-refractivity contribution in [3.63, 3.8) is 0 Å². The summed E-state index contributed by atoms with van der Waals surface area (Å²) in [6.07, 6.45) is 2.06. The molecule has 2 aliphatic heterocycles. The molecule has 1 N–H and O–H groups in total. The van der Waals surface area contributed by atoms with Crippen molar-refractivity contribution in [2.45, 2.75) is 39.7 Å². The Labute approximate surface area is 163 Å². The number of pyridine rings is 1. The topological polar surface area (TPSA) is 72.9 Å². The van der Waals surface area contributed by atoms with Crippen molar-refractivity contribution in [3.05, 3.63) is 17.2 Å². The number of halogens is 1. The fourth-order valence-corrected chi connectivity index (χ4v) is 4.95. The highest BCUT2D eigenvalue weighted by Gasteiger charge is 2.47. The van der Waals surface area contributed by atoms with Gasteiger partial charge in [0.05, 0.1) is 16.6 Å². The van der Waals surface area contributed by atoms with Crippen molar-refractivity contribution in [2.75, 3.05) is 25.0 Å². The van der Waals surface area contributed by atoms with Gasteiger partial charge in [-0.2, -0.15) is 4.57 Å². The quantitative estimate of drug-likeness (QED) is 0.607. The number of anilines is 1. The molecular weight excluding hydrogens is 389 g/mol. The molecule has 9 heteroatoms. The van der Waals surface area contributed by atoms with E-state index in [0.717, 1.165) is 37.9 Å². The van der Waals surface area contributed by atoms with E-state index in [1.807, 2.05) is 0 Å². The van der Waals surface area contributed by atoms with Crippen molar-refractivity contribution in [1.82, 2.24) is 9.88 Å². The van der Waals surface area contributed by atoms with Crippen LogP contribution in [0.5, 0.6) is 17.4 Å². The van der Waals surface area contributed by atoms with E-state index in [-0.39, 0.29) is 11.9 Å². The Balaban J connectivity index is 1.62. The third-order valence-corrected chi connectivity index (χ3v) is 6.39. The van der Waals surface area contributed by atoms with Crippen molar-refractivity contribution < 1.29 is 18.1 Å². The summed E-state index contributed by atoms with van der Waals surface area (Å²) in [6, 6.07) is 3.53. The molecule has 1 aromatic carbocycles. The fourth-order valence-electron chi connectivity index (χ4n) is 3.52. The van der Waals surface area contributed by atoms with E-state index in [9.17, 15) is 4.57 Å². The van der Waals surface area contributed by atoms with Crippen LogP contribution in [0.2, 0.25) is 5.02 Å². The van der Waals surface area contributed by atoms with E-state index in [0.29, 0.717) is 27.7 Å². The summed E-state index contributed by atoms with van der Waals surface area (Å²) in [4.78, 5) is 6.80. The Morgan fingerprint density at radius 1 is 1.26 bits per heavy atom. The normalized spacial score (nSPS) is 20.5. The van der Waals surface area contributed by atoms with Crippen LogP contribution in [0, 0.1) is 0 Å². The minimum absolute atomic E-state index is 0.177. The summed E-state index contributed by atoms with van der Waals surface area (Å²) in [7, 11) is -3.74. The Morgan fingerprint density at radius 2 is 2.04 bits per heavy atom. The van der Waals surface area contributed by atoms with Gasteiger partial charge in [0, 0.05) is 17.1 Å². The first-order valence-electron chi connectivity index (χ1n) is 9.27. The number of nitrogens with zero attached hydrogens (tertiary/aromatic N) is 2. The second-order valence-electron chi connectivity index (χ2n) is 6.85. The number of rotatable bonds is 8. The van der Waals surface area contributed by atoms with Gasteiger partial charge in [-0.05, 0) is 45.5 Å². The maximum atomic E-state index is 12.7. The van der Waals surface area contributed by atoms with Crippen molar-refractivity contribution in [1.29, 1.82) is 0 Å². The van der Waals surface area contributed by atoms with E-state index in [4.69, 9.17) is 25.2 Å². The summed E-state index contributed by atoms with van der Waals surface area (Å²) in [6.45, 7) is 9.65. The van der Waals surface area contributed by atoms with Gasteiger partial charge < -0.3 is 23.8 Å². The molecule has 7 nitrogen and oxygen atoms in total. The zero-order chi connectivity index (χ0) is 19.2. The lowest BCUT2D eigenvalue weighted by Crippen LogP contribution is -2.25. The zero-order valence-electron chi connectivity index (χ0n) is 15.6.